The van der Waals surface area contributed by atoms with Crippen molar-refractivity contribution in [3.63, 3.8) is 0 Å². The normalized spacial score (nSPS) is 10.5. The second-order valence-corrected chi connectivity index (χ2v) is 5.49. The van der Waals surface area contributed by atoms with E-state index in [9.17, 15) is 18.0 Å². The smallest absolute Gasteiger partial charge is 0.305 e. The zero-order valence-corrected chi connectivity index (χ0v) is 12.3. The minimum atomic E-state index is -3.99. The molecule has 0 unspecified atom stereocenters. The summed E-state index contributed by atoms with van der Waals surface area (Å²) in [6.07, 6.45) is 1.75. The maximum Gasteiger partial charge on any atom is 0.305 e. The van der Waals surface area contributed by atoms with E-state index in [1.165, 1.54) is 24.3 Å². The lowest BCUT2D eigenvalue weighted by molar-refractivity contribution is -0.143. The highest BCUT2D eigenvalue weighted by atomic mass is 32.2. The Morgan fingerprint density at radius 1 is 1.29 bits per heavy atom. The summed E-state index contributed by atoms with van der Waals surface area (Å²) in [4.78, 5) is 21.0. The Hall–Kier alpha value is -2.18. The molecule has 7 nitrogen and oxygen atoms in total. The van der Waals surface area contributed by atoms with Gasteiger partial charge >= 0.3 is 5.97 Å². The van der Waals surface area contributed by atoms with Crippen LogP contribution in [0.4, 0.5) is 0 Å². The molecule has 0 aliphatic heterocycles. The topological polar surface area (TPSA) is 99.1 Å². The molecule has 0 aliphatic rings. The predicted octanol–water partition coefficient (Wildman–Crippen LogP) is 1.43. The average molecular weight is 313 g/mol. The number of rotatable bonds is 8. The zero-order valence-electron chi connectivity index (χ0n) is 11.4. The molecule has 0 atom stereocenters. The van der Waals surface area contributed by atoms with E-state index in [2.05, 4.69) is 4.40 Å². The second kappa shape index (κ2) is 8.18. The molecule has 1 aromatic carbocycles. The van der Waals surface area contributed by atoms with Gasteiger partial charge in [0.2, 0.25) is 0 Å². The summed E-state index contributed by atoms with van der Waals surface area (Å²) >= 11 is 0. The van der Waals surface area contributed by atoms with Gasteiger partial charge in [0.1, 0.15) is 5.75 Å². The number of esters is 1. The largest absolute Gasteiger partial charge is 0.494 e. The standard InChI is InChI=1S/C13H15NO6S/c1-2-19-13(16)4-3-9-20-11-5-7-12(8-6-11)21(17,18)14-10-15/h5-8H,2-4,9H2,1H3. The van der Waals surface area contributed by atoms with E-state index >= 15 is 0 Å². The van der Waals surface area contributed by atoms with Gasteiger partial charge < -0.3 is 9.47 Å². The van der Waals surface area contributed by atoms with Gasteiger partial charge in [-0.15, -0.1) is 0 Å². The third kappa shape index (κ3) is 5.76. The maximum atomic E-state index is 11.4. The SMILES string of the molecule is CCOC(=O)CCCOc1ccc(S(=O)(=O)N=C=O)cc1. The van der Waals surface area contributed by atoms with Crippen molar-refractivity contribution in [2.75, 3.05) is 13.2 Å². The molecule has 0 spiro atoms. The molecule has 0 aromatic heterocycles. The molecule has 0 amide bonds. The first-order chi connectivity index (χ1) is 9.99. The van der Waals surface area contributed by atoms with Crippen LogP contribution in [0.5, 0.6) is 5.75 Å². The lowest BCUT2D eigenvalue weighted by Gasteiger charge is -2.06. The number of sulfonamides is 1. The molecule has 0 aliphatic carbocycles. The van der Waals surface area contributed by atoms with Crippen LogP contribution >= 0.6 is 0 Å². The van der Waals surface area contributed by atoms with Gasteiger partial charge in [-0.1, -0.05) is 4.40 Å². The fraction of sp³-hybridized carbons (Fsp3) is 0.385. The monoisotopic (exact) mass is 313 g/mol. The summed E-state index contributed by atoms with van der Waals surface area (Å²) in [5.41, 5.74) is 0. The molecule has 0 bridgehead atoms. The first kappa shape index (κ1) is 16.9. The molecule has 0 radical (unpaired) electrons. The molecule has 0 N–H and O–H groups in total. The summed E-state index contributed by atoms with van der Waals surface area (Å²) in [6.45, 7) is 2.38. The van der Waals surface area contributed by atoms with Crippen LogP contribution < -0.4 is 4.74 Å². The van der Waals surface area contributed by atoms with Crippen molar-refractivity contribution in [2.24, 2.45) is 4.40 Å². The van der Waals surface area contributed by atoms with Crippen LogP contribution in [0.25, 0.3) is 0 Å². The van der Waals surface area contributed by atoms with Crippen molar-refractivity contribution >= 4 is 22.1 Å². The average Bonchev–Trinajstić information content (AvgIpc) is 2.44. The van der Waals surface area contributed by atoms with Crippen LogP contribution in [-0.4, -0.2) is 33.7 Å². The Morgan fingerprint density at radius 3 is 2.52 bits per heavy atom. The summed E-state index contributed by atoms with van der Waals surface area (Å²) in [5.74, 6) is 0.169. The summed E-state index contributed by atoms with van der Waals surface area (Å²) in [6, 6.07) is 5.43. The Labute approximate surface area is 122 Å². The van der Waals surface area contributed by atoms with E-state index in [0.717, 1.165) is 6.08 Å². The van der Waals surface area contributed by atoms with Crippen LogP contribution in [0.15, 0.2) is 33.6 Å². The Kier molecular flexibility index (Phi) is 6.58. The molecule has 0 saturated heterocycles. The van der Waals surface area contributed by atoms with Gasteiger partial charge in [0.15, 0.2) is 0 Å². The van der Waals surface area contributed by atoms with Crippen molar-refractivity contribution in [2.45, 2.75) is 24.7 Å². The summed E-state index contributed by atoms with van der Waals surface area (Å²) < 4.78 is 35.7. The van der Waals surface area contributed by atoms with Crippen LogP contribution in [0.1, 0.15) is 19.8 Å². The van der Waals surface area contributed by atoms with Crippen LogP contribution in [-0.2, 0) is 24.3 Å². The van der Waals surface area contributed by atoms with Crippen molar-refractivity contribution in [1.82, 2.24) is 0 Å². The van der Waals surface area contributed by atoms with Crippen LogP contribution in [0, 0.1) is 0 Å². The minimum absolute atomic E-state index is 0.121. The predicted molar refractivity (Wildman–Crippen MR) is 73.1 cm³/mol. The minimum Gasteiger partial charge on any atom is -0.494 e. The van der Waals surface area contributed by atoms with Gasteiger partial charge in [0, 0.05) is 6.42 Å². The molecular weight excluding hydrogens is 298 g/mol. The summed E-state index contributed by atoms with van der Waals surface area (Å²) in [7, 11) is -3.99. The molecule has 0 saturated carbocycles. The molecule has 21 heavy (non-hydrogen) atoms. The van der Waals surface area contributed by atoms with E-state index in [4.69, 9.17) is 9.47 Å². The van der Waals surface area contributed by atoms with Crippen LogP contribution in [0.2, 0.25) is 0 Å². The highest BCUT2D eigenvalue weighted by molar-refractivity contribution is 7.90. The quantitative estimate of drug-likeness (QED) is 0.311. The number of carbonyl (C=O) groups excluding carboxylic acids is 2. The second-order valence-electron chi connectivity index (χ2n) is 3.89. The third-order valence-electron chi connectivity index (χ3n) is 2.38. The molecule has 0 heterocycles. The fourth-order valence-corrected chi connectivity index (χ4v) is 2.13. The first-order valence-electron chi connectivity index (χ1n) is 6.22. The number of nitrogens with zero attached hydrogens (tertiary/aromatic N) is 1. The van der Waals surface area contributed by atoms with E-state index in [0.29, 0.717) is 25.4 Å². The molecule has 8 heteroatoms. The Balaban J connectivity index is 2.49. The van der Waals surface area contributed by atoms with Crippen molar-refractivity contribution < 1.29 is 27.5 Å². The summed E-state index contributed by atoms with van der Waals surface area (Å²) in [5, 5.41) is 0. The fourth-order valence-electron chi connectivity index (χ4n) is 1.45. The Morgan fingerprint density at radius 2 is 1.95 bits per heavy atom. The number of carbonyl (C=O) groups is 1. The molecule has 114 valence electrons. The van der Waals surface area contributed by atoms with Crippen molar-refractivity contribution in [3.05, 3.63) is 24.3 Å². The highest BCUT2D eigenvalue weighted by Gasteiger charge is 2.12. The van der Waals surface area contributed by atoms with E-state index in [-0.39, 0.29) is 17.3 Å². The lowest BCUT2D eigenvalue weighted by atomic mass is 10.3. The van der Waals surface area contributed by atoms with Gasteiger partial charge in [0.05, 0.1) is 18.1 Å². The van der Waals surface area contributed by atoms with Gasteiger partial charge in [0.25, 0.3) is 16.1 Å². The van der Waals surface area contributed by atoms with Gasteiger partial charge in [-0.05, 0) is 37.6 Å². The lowest BCUT2D eigenvalue weighted by Crippen LogP contribution is -2.06. The Bertz CT molecular complexity index is 617. The van der Waals surface area contributed by atoms with E-state index < -0.39 is 10.0 Å². The van der Waals surface area contributed by atoms with E-state index in [1.807, 2.05) is 0 Å². The number of hydrogen-bond acceptors (Lipinski definition) is 6. The highest BCUT2D eigenvalue weighted by Crippen LogP contribution is 2.17. The number of benzene rings is 1. The van der Waals surface area contributed by atoms with Gasteiger partial charge in [-0.2, -0.15) is 8.42 Å². The van der Waals surface area contributed by atoms with E-state index in [1.54, 1.807) is 6.92 Å². The molecule has 1 rings (SSSR count). The first-order valence-corrected chi connectivity index (χ1v) is 7.66. The maximum absolute atomic E-state index is 11.4. The molecular formula is C13H15NO6S. The zero-order chi connectivity index (χ0) is 15.7. The van der Waals surface area contributed by atoms with Crippen LogP contribution in [0.3, 0.4) is 0 Å². The van der Waals surface area contributed by atoms with Crippen molar-refractivity contribution in [3.8, 4) is 5.75 Å². The molecule has 0 fully saturated rings. The number of isocyanates is 1. The third-order valence-corrected chi connectivity index (χ3v) is 3.56. The van der Waals surface area contributed by atoms with Gasteiger partial charge in [-0.25, -0.2) is 4.79 Å². The van der Waals surface area contributed by atoms with Crippen molar-refractivity contribution in [1.29, 1.82) is 0 Å². The number of ether oxygens (including phenoxy) is 2. The number of hydrogen-bond donors (Lipinski definition) is 0. The molecule has 1 aromatic rings. The van der Waals surface area contributed by atoms with Gasteiger partial charge in [-0.3, -0.25) is 4.79 Å².